The van der Waals surface area contributed by atoms with Gasteiger partial charge in [-0.3, -0.25) is 0 Å². The van der Waals surface area contributed by atoms with Crippen molar-refractivity contribution in [3.8, 4) is 0 Å². The van der Waals surface area contributed by atoms with E-state index in [1.807, 2.05) is 0 Å². The highest BCUT2D eigenvalue weighted by molar-refractivity contribution is 4.62. The molecule has 1 saturated carbocycles. The zero-order valence-corrected chi connectivity index (χ0v) is 4.90. The smallest absolute Gasteiger partial charge is 0.0983 e. The topological polar surface area (TPSA) is 9.23 Å². The first-order chi connectivity index (χ1) is 3.93. The zero-order valence-electron chi connectivity index (χ0n) is 4.90. The summed E-state index contributed by atoms with van der Waals surface area (Å²) in [6.45, 7) is 0. The van der Waals surface area contributed by atoms with Gasteiger partial charge in [0.1, 0.15) is 0 Å². The number of halogens is 1. The molecule has 0 bridgehead atoms. The monoisotopic (exact) mass is 118 g/mol. The van der Waals surface area contributed by atoms with Gasteiger partial charge in [0.25, 0.3) is 0 Å². The van der Waals surface area contributed by atoms with Crippen LogP contribution in [0.25, 0.3) is 0 Å². The summed E-state index contributed by atoms with van der Waals surface area (Å²) >= 11 is 0. The van der Waals surface area contributed by atoms with Crippen molar-refractivity contribution in [1.29, 1.82) is 0 Å². The van der Waals surface area contributed by atoms with Crippen molar-refractivity contribution in [1.82, 2.24) is 0 Å². The molecule has 0 radical (unpaired) electrons. The minimum atomic E-state index is -0.0799. The Morgan fingerprint density at radius 3 is 2.12 bits per heavy atom. The average molecular weight is 118 g/mol. The van der Waals surface area contributed by atoms with Crippen LogP contribution in [0.4, 0.5) is 4.53 Å². The van der Waals surface area contributed by atoms with Crippen LogP contribution in [0, 0.1) is 0 Å². The minimum Gasteiger partial charge on any atom is -0.191 e. The molecule has 1 rings (SSSR count). The Hall–Kier alpha value is -0.110. The highest BCUT2D eigenvalue weighted by Crippen LogP contribution is 2.19. The van der Waals surface area contributed by atoms with E-state index in [1.165, 1.54) is 6.42 Å². The fourth-order valence-corrected chi connectivity index (χ4v) is 1.15. The Morgan fingerprint density at radius 2 is 1.75 bits per heavy atom. The molecule has 0 aromatic heterocycles. The van der Waals surface area contributed by atoms with Gasteiger partial charge in [-0.05, 0) is 17.4 Å². The predicted octanol–water partition coefficient (Wildman–Crippen LogP) is 2.22. The lowest BCUT2D eigenvalue weighted by Gasteiger charge is -2.15. The maximum Gasteiger partial charge on any atom is 0.0983 e. The highest BCUT2D eigenvalue weighted by atomic mass is 19.3. The van der Waals surface area contributed by atoms with E-state index >= 15 is 0 Å². The van der Waals surface area contributed by atoms with Crippen molar-refractivity contribution in [2.45, 2.75) is 38.2 Å². The fraction of sp³-hybridized carbons (Fsp3) is 1.00. The van der Waals surface area contributed by atoms with Crippen LogP contribution in [0.15, 0.2) is 0 Å². The number of hydrogen-bond donors (Lipinski definition) is 0. The van der Waals surface area contributed by atoms with E-state index in [9.17, 15) is 4.53 Å². The second-order valence-electron chi connectivity index (χ2n) is 2.35. The van der Waals surface area contributed by atoms with Crippen molar-refractivity contribution in [2.24, 2.45) is 0 Å². The summed E-state index contributed by atoms with van der Waals surface area (Å²) in [5.74, 6) is 0. The summed E-state index contributed by atoms with van der Waals surface area (Å²) in [6.07, 6.45) is 5.26. The van der Waals surface area contributed by atoms with Crippen molar-refractivity contribution in [2.75, 3.05) is 0 Å². The largest absolute Gasteiger partial charge is 0.191 e. The molecule has 1 fully saturated rings. The van der Waals surface area contributed by atoms with Crippen molar-refractivity contribution in [3.63, 3.8) is 0 Å². The van der Waals surface area contributed by atoms with E-state index in [4.69, 9.17) is 0 Å². The highest BCUT2D eigenvalue weighted by Gasteiger charge is 2.13. The summed E-state index contributed by atoms with van der Waals surface area (Å²) in [7, 11) is 0. The SMILES string of the molecule is FOC1CCCCC1. The molecule has 0 N–H and O–H groups in total. The predicted molar refractivity (Wildman–Crippen MR) is 29.1 cm³/mol. The Balaban J connectivity index is 2.13. The van der Waals surface area contributed by atoms with Gasteiger partial charge in [0, 0.05) is 0 Å². The molecule has 0 amide bonds. The Bertz CT molecular complexity index is 59.5. The van der Waals surface area contributed by atoms with Crippen molar-refractivity contribution >= 4 is 0 Å². The fourth-order valence-electron chi connectivity index (χ4n) is 1.15. The van der Waals surface area contributed by atoms with E-state index < -0.39 is 0 Å². The first-order valence-electron chi connectivity index (χ1n) is 3.21. The van der Waals surface area contributed by atoms with Crippen LogP contribution in [-0.4, -0.2) is 6.10 Å². The van der Waals surface area contributed by atoms with Crippen LogP contribution in [0.1, 0.15) is 32.1 Å². The van der Waals surface area contributed by atoms with Crippen molar-refractivity contribution in [3.05, 3.63) is 0 Å². The normalized spacial score (nSPS) is 23.6. The van der Waals surface area contributed by atoms with E-state index in [0.717, 1.165) is 25.7 Å². The first kappa shape index (κ1) is 6.02. The molecule has 0 saturated heterocycles. The maximum atomic E-state index is 11.4. The van der Waals surface area contributed by atoms with E-state index in [-0.39, 0.29) is 6.10 Å². The molecule has 1 aliphatic carbocycles. The summed E-state index contributed by atoms with van der Waals surface area (Å²) in [6, 6.07) is 0. The van der Waals surface area contributed by atoms with Gasteiger partial charge in [-0.15, -0.1) is 0 Å². The number of hydrogen-bond acceptors (Lipinski definition) is 1. The second-order valence-corrected chi connectivity index (χ2v) is 2.35. The van der Waals surface area contributed by atoms with Gasteiger partial charge in [-0.2, -0.15) is 4.94 Å². The molecule has 0 atom stereocenters. The van der Waals surface area contributed by atoms with Gasteiger partial charge < -0.3 is 0 Å². The molecule has 0 aliphatic heterocycles. The van der Waals surface area contributed by atoms with E-state index in [1.54, 1.807) is 0 Å². The Kier molecular flexibility index (Phi) is 2.27. The molecule has 48 valence electrons. The third-order valence-electron chi connectivity index (χ3n) is 1.68. The lowest BCUT2D eigenvalue weighted by Crippen LogP contribution is -2.11. The van der Waals surface area contributed by atoms with Crippen LogP contribution in [0.5, 0.6) is 0 Å². The molecule has 8 heavy (non-hydrogen) atoms. The molecule has 1 nitrogen and oxygen atoms in total. The molecule has 0 unspecified atom stereocenters. The van der Waals surface area contributed by atoms with Crippen LogP contribution in [-0.2, 0) is 4.94 Å². The summed E-state index contributed by atoms with van der Waals surface area (Å²) in [5, 5.41) is 0. The first-order valence-corrected chi connectivity index (χ1v) is 3.21. The molecule has 1 aliphatic rings. The minimum absolute atomic E-state index is 0.0799. The van der Waals surface area contributed by atoms with Gasteiger partial charge in [0.2, 0.25) is 0 Å². The van der Waals surface area contributed by atoms with Gasteiger partial charge in [0.05, 0.1) is 6.10 Å². The van der Waals surface area contributed by atoms with E-state index in [2.05, 4.69) is 4.94 Å². The second kappa shape index (κ2) is 3.02. The molecule has 0 heterocycles. The molecule has 0 aromatic rings. The van der Waals surface area contributed by atoms with Gasteiger partial charge in [0.15, 0.2) is 0 Å². The Labute approximate surface area is 48.7 Å². The number of rotatable bonds is 1. The maximum absolute atomic E-state index is 11.4. The van der Waals surface area contributed by atoms with Crippen LogP contribution < -0.4 is 0 Å². The third-order valence-corrected chi connectivity index (χ3v) is 1.68. The lowest BCUT2D eigenvalue weighted by atomic mass is 9.98. The average Bonchev–Trinajstić information content (AvgIpc) is 1.90. The molecule has 0 aromatic carbocycles. The molecular formula is C6H11FO. The summed E-state index contributed by atoms with van der Waals surface area (Å²) in [4.78, 5) is 3.69. The molecule has 2 heteroatoms. The standard InChI is InChI=1S/C6H11FO/c7-8-6-4-2-1-3-5-6/h6H,1-5H2. The van der Waals surface area contributed by atoms with E-state index in [0.29, 0.717) is 0 Å². The Morgan fingerprint density at radius 1 is 1.12 bits per heavy atom. The quantitative estimate of drug-likeness (QED) is 0.513. The molecule has 0 spiro atoms. The summed E-state index contributed by atoms with van der Waals surface area (Å²) in [5.41, 5.74) is 0. The lowest BCUT2D eigenvalue weighted by molar-refractivity contribution is -0.187. The molecular weight excluding hydrogens is 107 g/mol. The van der Waals surface area contributed by atoms with Gasteiger partial charge in [-0.1, -0.05) is 19.3 Å². The van der Waals surface area contributed by atoms with Crippen molar-refractivity contribution < 1.29 is 9.47 Å². The van der Waals surface area contributed by atoms with Crippen LogP contribution in [0.3, 0.4) is 0 Å². The van der Waals surface area contributed by atoms with Gasteiger partial charge >= 0.3 is 0 Å². The van der Waals surface area contributed by atoms with Crippen LogP contribution in [0.2, 0.25) is 0 Å². The van der Waals surface area contributed by atoms with Gasteiger partial charge in [-0.25, -0.2) is 0 Å². The zero-order chi connectivity index (χ0) is 5.82. The van der Waals surface area contributed by atoms with Crippen LogP contribution >= 0.6 is 0 Å². The summed E-state index contributed by atoms with van der Waals surface area (Å²) < 4.78 is 11.4. The third kappa shape index (κ3) is 1.44.